The molecule has 1 heterocycles. The molecule has 0 atom stereocenters. The number of benzene rings is 3. The van der Waals surface area contributed by atoms with Gasteiger partial charge in [-0.15, -0.1) is 0 Å². The van der Waals surface area contributed by atoms with Crippen molar-refractivity contribution in [2.75, 3.05) is 13.2 Å². The first kappa shape index (κ1) is 27.8. The van der Waals surface area contributed by atoms with E-state index in [9.17, 15) is 22.8 Å². The summed E-state index contributed by atoms with van der Waals surface area (Å²) < 4.78 is 68.2. The Kier molecular flexibility index (Phi) is 8.65. The van der Waals surface area contributed by atoms with Gasteiger partial charge in [-0.05, 0) is 49.7 Å². The summed E-state index contributed by atoms with van der Waals surface area (Å²) >= 11 is 6.01. The monoisotopic (exact) mass is 562 g/mol. The largest absolute Gasteiger partial charge is 0.492 e. The molecule has 0 aliphatic heterocycles. The number of hydrogen-bond acceptors (Lipinski definition) is 7. The molecule has 39 heavy (non-hydrogen) atoms. The Morgan fingerprint density at radius 1 is 0.949 bits per heavy atom. The molecule has 0 saturated carbocycles. The molecule has 0 bridgehead atoms. The molecule has 0 fully saturated rings. The van der Waals surface area contributed by atoms with E-state index in [0.717, 1.165) is 6.07 Å². The zero-order valence-corrected chi connectivity index (χ0v) is 21.3. The number of rotatable bonds is 10. The third-order valence-corrected chi connectivity index (χ3v) is 5.60. The summed E-state index contributed by atoms with van der Waals surface area (Å²) in [5.74, 6) is -2.86. The molecule has 0 unspecified atom stereocenters. The number of halogens is 4. The molecular formula is C28H22ClF3O7. The van der Waals surface area contributed by atoms with Crippen LogP contribution in [0.1, 0.15) is 25.5 Å². The minimum Gasteiger partial charge on any atom is -0.492 e. The summed E-state index contributed by atoms with van der Waals surface area (Å²) in [7, 11) is 0. The van der Waals surface area contributed by atoms with E-state index in [0.29, 0.717) is 17.2 Å². The fraction of sp³-hybridized carbons (Fsp3) is 0.214. The van der Waals surface area contributed by atoms with E-state index in [1.807, 2.05) is 0 Å². The third-order valence-electron chi connectivity index (χ3n) is 5.29. The molecule has 11 heteroatoms. The summed E-state index contributed by atoms with van der Waals surface area (Å²) in [6.07, 6.45) is -4.79. The summed E-state index contributed by atoms with van der Waals surface area (Å²) in [6, 6.07) is 16.4. The van der Waals surface area contributed by atoms with Gasteiger partial charge in [0.1, 0.15) is 17.1 Å². The van der Waals surface area contributed by atoms with Crippen molar-refractivity contribution in [3.8, 4) is 28.7 Å². The molecule has 0 N–H and O–H groups in total. The molecule has 1 aromatic heterocycles. The van der Waals surface area contributed by atoms with Gasteiger partial charge < -0.3 is 23.4 Å². The van der Waals surface area contributed by atoms with Crippen LogP contribution in [0.15, 0.2) is 75.9 Å². The first-order valence-corrected chi connectivity index (χ1v) is 12.2. The van der Waals surface area contributed by atoms with Crippen molar-refractivity contribution in [2.24, 2.45) is 0 Å². The molecule has 204 valence electrons. The average Bonchev–Trinajstić information content (AvgIpc) is 2.89. The second-order valence-electron chi connectivity index (χ2n) is 8.08. The smallest absolute Gasteiger partial charge is 0.453 e. The van der Waals surface area contributed by atoms with Crippen LogP contribution in [-0.4, -0.2) is 19.2 Å². The van der Waals surface area contributed by atoms with Crippen molar-refractivity contribution in [1.29, 1.82) is 0 Å². The highest BCUT2D eigenvalue weighted by Crippen LogP contribution is 2.40. The van der Waals surface area contributed by atoms with Crippen molar-refractivity contribution in [1.82, 2.24) is 0 Å². The Bertz CT molecular complexity index is 1530. The van der Waals surface area contributed by atoms with Crippen LogP contribution in [0.3, 0.4) is 0 Å². The molecule has 7 nitrogen and oxygen atoms in total. The van der Waals surface area contributed by atoms with Crippen molar-refractivity contribution in [3.63, 3.8) is 0 Å². The summed E-state index contributed by atoms with van der Waals surface area (Å²) in [5.41, 5.74) is -1.48. The van der Waals surface area contributed by atoms with E-state index in [2.05, 4.69) is 0 Å². The van der Waals surface area contributed by atoms with Gasteiger partial charge in [0.25, 0.3) is 5.76 Å². The van der Waals surface area contributed by atoms with E-state index in [-0.39, 0.29) is 42.3 Å². The van der Waals surface area contributed by atoms with Gasteiger partial charge in [0, 0.05) is 12.5 Å². The maximum atomic E-state index is 13.9. The second kappa shape index (κ2) is 12.1. The predicted molar refractivity (Wildman–Crippen MR) is 137 cm³/mol. The predicted octanol–water partition coefficient (Wildman–Crippen LogP) is 7.42. The first-order valence-electron chi connectivity index (χ1n) is 11.8. The number of alkyl halides is 3. The lowest BCUT2D eigenvalue weighted by molar-refractivity contribution is -0.154. The fourth-order valence-electron chi connectivity index (χ4n) is 3.56. The molecule has 4 rings (SSSR count). The molecule has 0 saturated heterocycles. The summed E-state index contributed by atoms with van der Waals surface area (Å²) in [5, 5.41) is 0.239. The molecular weight excluding hydrogens is 541 g/mol. The third kappa shape index (κ3) is 6.83. The van der Waals surface area contributed by atoms with Crippen LogP contribution >= 0.6 is 11.6 Å². The molecule has 3 aromatic carbocycles. The van der Waals surface area contributed by atoms with Crippen LogP contribution in [0, 0.1) is 0 Å². The van der Waals surface area contributed by atoms with Crippen LogP contribution < -0.4 is 24.4 Å². The Morgan fingerprint density at radius 3 is 2.33 bits per heavy atom. The second-order valence-corrected chi connectivity index (χ2v) is 8.49. The van der Waals surface area contributed by atoms with Crippen LogP contribution in [-0.2, 0) is 11.0 Å². The van der Waals surface area contributed by atoms with Crippen molar-refractivity contribution in [3.05, 3.63) is 87.7 Å². The molecule has 0 spiro atoms. The van der Waals surface area contributed by atoms with E-state index in [4.69, 9.17) is 35.0 Å². The van der Waals surface area contributed by atoms with Gasteiger partial charge in [0.2, 0.25) is 11.2 Å². The lowest BCUT2D eigenvalue weighted by Crippen LogP contribution is -2.16. The SMILES string of the molecule is CCOc1ccccc1Oc1c(C(F)(F)F)oc2cc(OC(=O)CCCOc3ccccc3Cl)ccc2c1=O. The van der Waals surface area contributed by atoms with Crippen molar-refractivity contribution in [2.45, 2.75) is 25.9 Å². The number of carbonyl (C=O) groups excluding carboxylic acids is 1. The Labute approximate surface area is 225 Å². The van der Waals surface area contributed by atoms with E-state index in [1.165, 1.54) is 30.3 Å². The highest BCUT2D eigenvalue weighted by Gasteiger charge is 2.40. The minimum atomic E-state index is -5.06. The minimum absolute atomic E-state index is 0.0355. The van der Waals surface area contributed by atoms with E-state index >= 15 is 0 Å². The zero-order valence-electron chi connectivity index (χ0n) is 20.5. The lowest BCUT2D eigenvalue weighted by Gasteiger charge is -2.15. The van der Waals surface area contributed by atoms with Gasteiger partial charge in [-0.2, -0.15) is 13.2 Å². The number of hydrogen-bond donors (Lipinski definition) is 0. The van der Waals surface area contributed by atoms with E-state index < -0.39 is 34.7 Å². The lowest BCUT2D eigenvalue weighted by atomic mass is 10.2. The summed E-state index contributed by atoms with van der Waals surface area (Å²) in [6.45, 7) is 2.12. The van der Waals surface area contributed by atoms with Crippen molar-refractivity contribution >= 4 is 28.5 Å². The maximum Gasteiger partial charge on any atom is 0.453 e. The molecule has 4 aromatic rings. The highest BCUT2D eigenvalue weighted by atomic mass is 35.5. The molecule has 0 radical (unpaired) electrons. The maximum absolute atomic E-state index is 13.9. The highest BCUT2D eigenvalue weighted by molar-refractivity contribution is 6.32. The van der Waals surface area contributed by atoms with Crippen LogP contribution in [0.5, 0.6) is 28.7 Å². The standard InChI is InChI=1S/C28H22ClF3O7/c1-2-35-21-10-5-6-11-22(21)38-26-25(34)18-14-13-17(16-23(18)39-27(26)28(30,31)32)37-24(33)12-7-15-36-20-9-4-3-8-19(20)29/h3-6,8-11,13-14,16H,2,7,12,15H2,1H3. The quantitative estimate of drug-likeness (QED) is 0.113. The fourth-order valence-corrected chi connectivity index (χ4v) is 3.75. The van der Waals surface area contributed by atoms with Gasteiger partial charge in [-0.3, -0.25) is 9.59 Å². The normalized spacial score (nSPS) is 11.3. The molecule has 0 aliphatic rings. The van der Waals surface area contributed by atoms with Gasteiger partial charge in [0.05, 0.1) is 23.6 Å². The van der Waals surface area contributed by atoms with Crippen LogP contribution in [0.25, 0.3) is 11.0 Å². The number of fused-ring (bicyclic) bond motifs is 1. The van der Waals surface area contributed by atoms with Gasteiger partial charge in [0.15, 0.2) is 11.5 Å². The first-order chi connectivity index (χ1) is 18.7. The van der Waals surface area contributed by atoms with Crippen molar-refractivity contribution < 1.29 is 41.3 Å². The molecule has 0 amide bonds. The number of esters is 1. The van der Waals surface area contributed by atoms with Gasteiger partial charge >= 0.3 is 12.1 Å². The molecule has 0 aliphatic carbocycles. The number of carbonyl (C=O) groups is 1. The summed E-state index contributed by atoms with van der Waals surface area (Å²) in [4.78, 5) is 25.3. The Hall–Kier alpha value is -4.18. The number of ether oxygens (including phenoxy) is 4. The Balaban J connectivity index is 1.52. The van der Waals surface area contributed by atoms with Crippen LogP contribution in [0.4, 0.5) is 13.2 Å². The van der Waals surface area contributed by atoms with Crippen LogP contribution in [0.2, 0.25) is 5.02 Å². The number of para-hydroxylation sites is 3. The van der Waals surface area contributed by atoms with Gasteiger partial charge in [-0.25, -0.2) is 0 Å². The van der Waals surface area contributed by atoms with E-state index in [1.54, 1.807) is 37.3 Å². The topological polar surface area (TPSA) is 84.2 Å². The Morgan fingerprint density at radius 2 is 1.64 bits per heavy atom. The zero-order chi connectivity index (χ0) is 28.0. The van der Waals surface area contributed by atoms with Gasteiger partial charge in [-0.1, -0.05) is 35.9 Å². The average molecular weight is 563 g/mol.